The third-order valence-corrected chi connectivity index (χ3v) is 7.79. The predicted octanol–water partition coefficient (Wildman–Crippen LogP) is 3.89. The monoisotopic (exact) mass is 504 g/mol. The molecule has 0 bridgehead atoms. The van der Waals surface area contributed by atoms with Gasteiger partial charge < -0.3 is 20.1 Å². The second-order valence-electron chi connectivity index (χ2n) is 10.5. The van der Waals surface area contributed by atoms with E-state index in [1.54, 1.807) is 0 Å². The molecule has 2 aliphatic carbocycles. The van der Waals surface area contributed by atoms with Crippen LogP contribution in [0.1, 0.15) is 55.9 Å². The van der Waals surface area contributed by atoms with Gasteiger partial charge in [-0.05, 0) is 50.9 Å². The van der Waals surface area contributed by atoms with E-state index in [2.05, 4.69) is 20.7 Å². The maximum atomic E-state index is 14.1. The van der Waals surface area contributed by atoms with Crippen molar-refractivity contribution >= 4 is 11.8 Å². The number of likely N-dealkylation sites (tertiary alicyclic amines) is 1. The minimum atomic E-state index is -1.16. The Balaban J connectivity index is 1.28. The molecule has 0 radical (unpaired) electrons. The normalized spacial score (nSPS) is 23.7. The van der Waals surface area contributed by atoms with Crippen LogP contribution in [0.2, 0.25) is 0 Å². The number of nitrogens with zero attached hydrogens (tertiary/aromatic N) is 2. The summed E-state index contributed by atoms with van der Waals surface area (Å²) in [6.45, 7) is 4.31. The van der Waals surface area contributed by atoms with Crippen LogP contribution >= 0.6 is 0 Å². The van der Waals surface area contributed by atoms with Crippen LogP contribution in [-0.4, -0.2) is 53.6 Å². The van der Waals surface area contributed by atoms with Crippen LogP contribution in [0.25, 0.3) is 11.3 Å². The average molecular weight is 505 g/mol. The lowest BCUT2D eigenvalue weighted by Crippen LogP contribution is -2.57. The highest BCUT2D eigenvalue weighted by molar-refractivity contribution is 5.94. The number of aromatic nitrogens is 1. The van der Waals surface area contributed by atoms with E-state index < -0.39 is 40.9 Å². The zero-order chi connectivity index (χ0) is 25.4. The first kappa shape index (κ1) is 24.8. The zero-order valence-electron chi connectivity index (χ0n) is 20.2. The maximum absolute atomic E-state index is 14.1. The molecule has 5 rings (SSSR count). The van der Waals surface area contributed by atoms with Gasteiger partial charge in [-0.25, -0.2) is 13.2 Å². The molecule has 2 N–H and O–H groups in total. The number of benzene rings is 1. The molecule has 0 unspecified atom stereocenters. The lowest BCUT2D eigenvalue weighted by molar-refractivity contribution is -0.128. The maximum Gasteiger partial charge on any atom is 0.273 e. The van der Waals surface area contributed by atoms with Gasteiger partial charge in [0.25, 0.3) is 5.91 Å². The van der Waals surface area contributed by atoms with E-state index in [1.165, 1.54) is 19.3 Å². The second kappa shape index (κ2) is 10.2. The van der Waals surface area contributed by atoms with Gasteiger partial charge in [-0.3, -0.25) is 9.59 Å². The Kier molecular flexibility index (Phi) is 7.05. The summed E-state index contributed by atoms with van der Waals surface area (Å²) < 4.78 is 46.5. The van der Waals surface area contributed by atoms with Gasteiger partial charge in [-0.1, -0.05) is 11.6 Å². The van der Waals surface area contributed by atoms with Crippen molar-refractivity contribution in [2.45, 2.75) is 57.5 Å². The van der Waals surface area contributed by atoms with Crippen LogP contribution in [0.3, 0.4) is 0 Å². The van der Waals surface area contributed by atoms with Gasteiger partial charge in [-0.2, -0.15) is 0 Å². The molecule has 3 atom stereocenters. The van der Waals surface area contributed by atoms with Crippen LogP contribution in [0.15, 0.2) is 22.7 Å². The Bertz CT molecular complexity index is 1110. The van der Waals surface area contributed by atoms with Crippen molar-refractivity contribution in [3.05, 3.63) is 41.3 Å². The van der Waals surface area contributed by atoms with E-state index in [-0.39, 0.29) is 23.4 Å². The first-order chi connectivity index (χ1) is 17.3. The van der Waals surface area contributed by atoms with Crippen LogP contribution in [0.4, 0.5) is 13.2 Å². The SMILES string of the molecule is C[C@@H](NC(=O)[C@H]1CN(CC2CC2)CC[C@@H]1NC(=O)c1cc(-c2c(F)cc(F)cc2F)on1)C1CCC1. The molecule has 2 saturated carbocycles. The van der Waals surface area contributed by atoms with E-state index in [0.717, 1.165) is 32.0 Å². The predicted molar refractivity (Wildman–Crippen MR) is 125 cm³/mol. The molecule has 10 heteroatoms. The van der Waals surface area contributed by atoms with E-state index >= 15 is 0 Å². The minimum Gasteiger partial charge on any atom is -0.355 e. The first-order valence-corrected chi connectivity index (χ1v) is 12.7. The second-order valence-corrected chi connectivity index (χ2v) is 10.5. The number of piperidine rings is 1. The molecule has 1 aromatic carbocycles. The molecule has 36 heavy (non-hydrogen) atoms. The van der Waals surface area contributed by atoms with Gasteiger partial charge in [0, 0.05) is 49.9 Å². The minimum absolute atomic E-state index is 0.0727. The molecule has 1 aromatic heterocycles. The Hall–Kier alpha value is -2.88. The van der Waals surface area contributed by atoms with E-state index in [9.17, 15) is 22.8 Å². The quantitative estimate of drug-likeness (QED) is 0.570. The van der Waals surface area contributed by atoms with Crippen molar-refractivity contribution < 1.29 is 27.3 Å². The number of carbonyl (C=O) groups excluding carboxylic acids is 2. The summed E-state index contributed by atoms with van der Waals surface area (Å²) in [7, 11) is 0. The Morgan fingerprint density at radius 1 is 1.11 bits per heavy atom. The number of rotatable bonds is 8. The highest BCUT2D eigenvalue weighted by Gasteiger charge is 2.38. The fourth-order valence-electron chi connectivity index (χ4n) is 5.20. The van der Waals surface area contributed by atoms with E-state index in [0.29, 0.717) is 36.9 Å². The molecular weight excluding hydrogens is 473 g/mol. The van der Waals surface area contributed by atoms with Gasteiger partial charge in [0.05, 0.1) is 11.5 Å². The summed E-state index contributed by atoms with van der Waals surface area (Å²) in [5.41, 5.74) is -0.769. The Labute approximate surface area is 207 Å². The number of carbonyl (C=O) groups is 2. The highest BCUT2D eigenvalue weighted by Crippen LogP contribution is 2.33. The largest absolute Gasteiger partial charge is 0.355 e. The van der Waals surface area contributed by atoms with Crippen molar-refractivity contribution in [3.63, 3.8) is 0 Å². The van der Waals surface area contributed by atoms with E-state index in [1.807, 2.05) is 6.92 Å². The third kappa shape index (κ3) is 5.43. The molecule has 2 amide bonds. The lowest BCUT2D eigenvalue weighted by atomic mass is 9.80. The van der Waals surface area contributed by atoms with Crippen molar-refractivity contribution in [3.8, 4) is 11.3 Å². The molecule has 3 aliphatic rings. The summed E-state index contributed by atoms with van der Waals surface area (Å²) in [6, 6.07) is 1.85. The molecule has 0 spiro atoms. The van der Waals surface area contributed by atoms with E-state index in [4.69, 9.17) is 4.52 Å². The highest BCUT2D eigenvalue weighted by atomic mass is 19.1. The summed E-state index contributed by atoms with van der Waals surface area (Å²) in [6.07, 6.45) is 6.45. The van der Waals surface area contributed by atoms with Gasteiger partial charge in [0.15, 0.2) is 11.5 Å². The topological polar surface area (TPSA) is 87.5 Å². The van der Waals surface area contributed by atoms with Gasteiger partial charge in [0.1, 0.15) is 17.5 Å². The fourth-order valence-corrected chi connectivity index (χ4v) is 5.20. The lowest BCUT2D eigenvalue weighted by Gasteiger charge is -2.39. The molecule has 1 aliphatic heterocycles. The van der Waals surface area contributed by atoms with Crippen molar-refractivity contribution in [2.24, 2.45) is 17.8 Å². The zero-order valence-corrected chi connectivity index (χ0v) is 20.2. The van der Waals surface area contributed by atoms with Crippen molar-refractivity contribution in [2.75, 3.05) is 19.6 Å². The van der Waals surface area contributed by atoms with Crippen LogP contribution < -0.4 is 10.6 Å². The van der Waals surface area contributed by atoms with Gasteiger partial charge in [0.2, 0.25) is 5.91 Å². The van der Waals surface area contributed by atoms with Crippen LogP contribution in [0, 0.1) is 35.2 Å². The molecule has 194 valence electrons. The standard InChI is InChI=1S/C26H31F3N4O3/c1-14(16-3-2-4-16)30-25(34)18-13-33(12-15-5-6-15)8-7-21(18)31-26(35)22-11-23(36-32-22)24-19(28)9-17(27)10-20(24)29/h9-11,14-16,18,21H,2-8,12-13H2,1H3,(H,30,34)(H,31,35)/t14-,18+,21+/m1/s1. The third-order valence-electron chi connectivity index (χ3n) is 7.79. The Morgan fingerprint density at radius 3 is 2.47 bits per heavy atom. The number of halogens is 3. The number of hydrogen-bond donors (Lipinski definition) is 2. The number of amides is 2. The van der Waals surface area contributed by atoms with Crippen molar-refractivity contribution in [1.29, 1.82) is 0 Å². The summed E-state index contributed by atoms with van der Waals surface area (Å²) in [4.78, 5) is 28.6. The summed E-state index contributed by atoms with van der Waals surface area (Å²) in [5.74, 6) is -3.61. The van der Waals surface area contributed by atoms with Crippen LogP contribution in [0.5, 0.6) is 0 Å². The smallest absolute Gasteiger partial charge is 0.273 e. The Morgan fingerprint density at radius 2 is 1.83 bits per heavy atom. The molecule has 1 saturated heterocycles. The molecule has 2 heterocycles. The first-order valence-electron chi connectivity index (χ1n) is 12.7. The van der Waals surface area contributed by atoms with Gasteiger partial charge in [-0.15, -0.1) is 0 Å². The van der Waals surface area contributed by atoms with Crippen LogP contribution in [-0.2, 0) is 4.79 Å². The summed E-state index contributed by atoms with van der Waals surface area (Å²) in [5, 5.41) is 9.71. The molecule has 7 nitrogen and oxygen atoms in total. The van der Waals surface area contributed by atoms with Crippen molar-refractivity contribution in [1.82, 2.24) is 20.7 Å². The summed E-state index contributed by atoms with van der Waals surface area (Å²) >= 11 is 0. The number of nitrogens with one attached hydrogen (secondary N) is 2. The molecule has 3 fully saturated rings. The molecular formula is C26H31F3N4O3. The van der Waals surface area contributed by atoms with Gasteiger partial charge >= 0.3 is 0 Å². The average Bonchev–Trinajstić information content (AvgIpc) is 3.45. The molecule has 2 aromatic rings. The number of hydrogen-bond acceptors (Lipinski definition) is 5. The fraction of sp³-hybridized carbons (Fsp3) is 0.577.